The number of aromatic nitrogens is 1. The van der Waals surface area contributed by atoms with E-state index in [-0.39, 0.29) is 68.1 Å². The molecule has 1 fully saturated rings. The number of rotatable bonds is 7. The standard InChI is InChI=1S/C34H50N4O10S/c1-7-37(24(6)39)15-16-49(45,46)28-12-14-38-31(28)34(44)48-32(21(2)3)23(5)10-11-29(42)35-13-8-9-22(4)17-25(40)18-26(41)19-30-36-27(20-47-30)33(38)43/h8-11,17,20-21,23-25,28,31-32,39-40H,7,12-16,18-19H2,1-6H3,(H,35,42)/b9-8+,11-10+,22-17+/t23-,24?,25-,28-,31-,32-/m1/s1. The van der Waals surface area contributed by atoms with Gasteiger partial charge in [0.1, 0.15) is 30.4 Å². The number of carbonyl (C=O) groups is 4. The van der Waals surface area contributed by atoms with Crippen LogP contribution in [0.4, 0.5) is 0 Å². The molecule has 0 spiro atoms. The van der Waals surface area contributed by atoms with Crippen molar-refractivity contribution in [2.45, 2.75) is 90.5 Å². The second kappa shape index (κ2) is 17.8. The fourth-order valence-electron chi connectivity index (χ4n) is 6.05. The van der Waals surface area contributed by atoms with E-state index in [1.807, 2.05) is 13.8 Å². The number of oxazole rings is 1. The van der Waals surface area contributed by atoms with Gasteiger partial charge in [0.15, 0.2) is 15.5 Å². The van der Waals surface area contributed by atoms with Gasteiger partial charge in [-0.05, 0) is 38.8 Å². The first-order valence-electron chi connectivity index (χ1n) is 16.6. The third-order valence-corrected chi connectivity index (χ3v) is 10.8. The minimum absolute atomic E-state index is 0.0156. The van der Waals surface area contributed by atoms with E-state index in [1.54, 1.807) is 43.9 Å². The summed E-state index contributed by atoms with van der Waals surface area (Å²) in [4.78, 5) is 59.8. The second-order valence-electron chi connectivity index (χ2n) is 12.9. The van der Waals surface area contributed by atoms with Gasteiger partial charge in [0, 0.05) is 32.0 Å². The molecule has 14 nitrogen and oxygen atoms in total. The molecule has 1 unspecified atom stereocenters. The Kier molecular flexibility index (Phi) is 14.5. The largest absolute Gasteiger partial charge is 0.460 e. The van der Waals surface area contributed by atoms with E-state index in [4.69, 9.17) is 9.15 Å². The van der Waals surface area contributed by atoms with Crippen LogP contribution in [0.3, 0.4) is 0 Å². The van der Waals surface area contributed by atoms with Gasteiger partial charge in [0.25, 0.3) is 5.91 Å². The number of ketones is 1. The lowest BCUT2D eigenvalue weighted by Crippen LogP contribution is -2.51. The third kappa shape index (κ3) is 11.2. The summed E-state index contributed by atoms with van der Waals surface area (Å²) in [6, 6.07) is -1.51. The van der Waals surface area contributed by atoms with Crippen molar-refractivity contribution in [1.29, 1.82) is 0 Å². The topological polar surface area (TPSA) is 197 Å². The molecule has 3 rings (SSSR count). The van der Waals surface area contributed by atoms with Crippen LogP contribution in [0.1, 0.15) is 70.8 Å². The first-order chi connectivity index (χ1) is 23.0. The molecule has 1 saturated heterocycles. The zero-order valence-electron chi connectivity index (χ0n) is 29.1. The monoisotopic (exact) mass is 706 g/mol. The predicted octanol–water partition coefficient (Wildman–Crippen LogP) is 1.59. The number of aliphatic hydroxyl groups is 2. The van der Waals surface area contributed by atoms with Crippen molar-refractivity contribution in [3.63, 3.8) is 0 Å². The Balaban J connectivity index is 2.00. The van der Waals surface area contributed by atoms with E-state index >= 15 is 0 Å². The van der Waals surface area contributed by atoms with Gasteiger partial charge in [-0.15, -0.1) is 0 Å². The molecule has 2 amide bonds. The first-order valence-corrected chi connectivity index (χ1v) is 18.4. The van der Waals surface area contributed by atoms with Crippen molar-refractivity contribution in [2.24, 2.45) is 11.8 Å². The summed E-state index contributed by atoms with van der Waals surface area (Å²) < 4.78 is 38.9. The fourth-order valence-corrected chi connectivity index (χ4v) is 7.95. The van der Waals surface area contributed by atoms with Crippen LogP contribution in [0.2, 0.25) is 0 Å². The lowest BCUT2D eigenvalue weighted by Gasteiger charge is -2.31. The predicted molar refractivity (Wildman–Crippen MR) is 181 cm³/mol. The van der Waals surface area contributed by atoms with Crippen molar-refractivity contribution in [3.05, 3.63) is 53.8 Å². The molecule has 49 heavy (non-hydrogen) atoms. The Labute approximate surface area is 288 Å². The second-order valence-corrected chi connectivity index (χ2v) is 15.3. The molecule has 3 N–H and O–H groups in total. The number of allylic oxidation sites excluding steroid dienone is 2. The number of nitrogens with zero attached hydrogens (tertiary/aromatic N) is 3. The zero-order chi connectivity index (χ0) is 36.5. The number of Topliss-reactive ketones (excluding diaryl/α,β-unsaturated/α-hetero) is 1. The Bertz CT molecular complexity index is 1530. The maximum atomic E-state index is 14.0. The normalized spacial score (nSPS) is 28.4. The lowest BCUT2D eigenvalue weighted by molar-refractivity contribution is -0.157. The number of sulfone groups is 1. The smallest absolute Gasteiger partial charge is 0.330 e. The van der Waals surface area contributed by atoms with E-state index in [0.29, 0.717) is 12.1 Å². The minimum Gasteiger partial charge on any atom is -0.460 e. The maximum absolute atomic E-state index is 14.0. The average Bonchev–Trinajstić information content (AvgIpc) is 3.68. The van der Waals surface area contributed by atoms with Crippen LogP contribution >= 0.6 is 0 Å². The lowest BCUT2D eigenvalue weighted by atomic mass is 9.94. The van der Waals surface area contributed by atoms with Crippen molar-refractivity contribution < 1.29 is 47.0 Å². The molecule has 2 bridgehead atoms. The maximum Gasteiger partial charge on any atom is 0.330 e. The number of hydrogen-bond acceptors (Lipinski definition) is 12. The molecule has 2 aliphatic heterocycles. The van der Waals surface area contributed by atoms with Gasteiger partial charge in [-0.3, -0.25) is 19.3 Å². The summed E-state index contributed by atoms with van der Waals surface area (Å²) in [5.74, 6) is -3.61. The number of ether oxygens (including phenoxy) is 1. The number of nitrogens with one attached hydrogen (secondary N) is 1. The van der Waals surface area contributed by atoms with Gasteiger partial charge >= 0.3 is 5.97 Å². The van der Waals surface area contributed by atoms with Gasteiger partial charge in [0.2, 0.25) is 11.8 Å². The van der Waals surface area contributed by atoms with E-state index in [2.05, 4.69) is 10.3 Å². The highest BCUT2D eigenvalue weighted by Crippen LogP contribution is 2.30. The van der Waals surface area contributed by atoms with Crippen LogP contribution in [-0.4, -0.2) is 119 Å². The zero-order valence-corrected chi connectivity index (χ0v) is 29.9. The molecule has 0 radical (unpaired) electrons. The SMILES string of the molecule is CCN(CCS(=O)(=O)[C@@H]1CCN2C(=O)c3coc(n3)CC(=O)C[C@H](O)/C=C(C)/C=C/CNC(=O)/C=C/[C@@H](C)[C@@H](C(C)C)OC(=O)[C@@H]12)C(C)O. The Morgan fingerprint density at radius 3 is 2.53 bits per heavy atom. The number of amides is 2. The molecule has 15 heteroatoms. The third-order valence-electron chi connectivity index (χ3n) is 8.67. The molecule has 1 aromatic heterocycles. The van der Waals surface area contributed by atoms with Crippen LogP contribution in [0.15, 0.2) is 46.6 Å². The number of aliphatic hydroxyl groups excluding tert-OH is 2. The highest BCUT2D eigenvalue weighted by atomic mass is 32.2. The first kappa shape index (κ1) is 39.8. The summed E-state index contributed by atoms with van der Waals surface area (Å²) in [6.07, 6.45) is 5.54. The summed E-state index contributed by atoms with van der Waals surface area (Å²) in [7, 11) is -4.01. The van der Waals surface area contributed by atoms with Crippen LogP contribution in [0, 0.1) is 11.8 Å². The van der Waals surface area contributed by atoms with Gasteiger partial charge in [-0.1, -0.05) is 57.6 Å². The molecular formula is C34H50N4O10S. The van der Waals surface area contributed by atoms with Crippen LogP contribution in [0.5, 0.6) is 0 Å². The van der Waals surface area contributed by atoms with Gasteiger partial charge in [-0.25, -0.2) is 18.2 Å². The van der Waals surface area contributed by atoms with Crippen molar-refractivity contribution >= 4 is 33.4 Å². The van der Waals surface area contributed by atoms with Crippen LogP contribution in [-0.2, 0) is 35.4 Å². The van der Waals surface area contributed by atoms with E-state index < -0.39 is 63.1 Å². The minimum atomic E-state index is -4.01. The summed E-state index contributed by atoms with van der Waals surface area (Å²) in [6.45, 7) is 11.0. The van der Waals surface area contributed by atoms with Crippen molar-refractivity contribution in [3.8, 4) is 0 Å². The van der Waals surface area contributed by atoms with Crippen molar-refractivity contribution in [1.82, 2.24) is 20.1 Å². The molecule has 0 saturated carbocycles. The molecule has 3 heterocycles. The van der Waals surface area contributed by atoms with Crippen LogP contribution < -0.4 is 5.32 Å². The number of hydrogen-bond donors (Lipinski definition) is 3. The summed E-state index contributed by atoms with van der Waals surface area (Å²) in [5, 5.41) is 21.8. The van der Waals surface area contributed by atoms with E-state index in [9.17, 15) is 37.8 Å². The summed E-state index contributed by atoms with van der Waals surface area (Å²) >= 11 is 0. The molecule has 0 aromatic carbocycles. The Morgan fingerprint density at radius 2 is 1.88 bits per heavy atom. The fraction of sp³-hybridized carbons (Fsp3) is 0.618. The molecule has 6 atom stereocenters. The highest BCUT2D eigenvalue weighted by molar-refractivity contribution is 7.92. The Hall–Kier alpha value is -3.66. The Morgan fingerprint density at radius 1 is 1.16 bits per heavy atom. The number of cyclic esters (lactones) is 1. The van der Waals surface area contributed by atoms with Crippen molar-refractivity contribution in [2.75, 3.05) is 31.9 Å². The van der Waals surface area contributed by atoms with E-state index in [0.717, 1.165) is 11.2 Å². The van der Waals surface area contributed by atoms with Crippen LogP contribution in [0.25, 0.3) is 0 Å². The van der Waals surface area contributed by atoms with Gasteiger partial charge in [-0.2, -0.15) is 0 Å². The van der Waals surface area contributed by atoms with Gasteiger partial charge < -0.3 is 29.6 Å². The number of carbonyl (C=O) groups excluding carboxylic acids is 4. The number of esters is 1. The molecule has 0 aliphatic carbocycles. The average molecular weight is 707 g/mol. The summed E-state index contributed by atoms with van der Waals surface area (Å²) in [5.41, 5.74) is 0.460. The molecule has 272 valence electrons. The number of fused-ring (bicyclic) bond motifs is 3. The molecular weight excluding hydrogens is 656 g/mol. The van der Waals surface area contributed by atoms with Gasteiger partial charge in [0.05, 0.1) is 23.5 Å². The molecule has 2 aliphatic rings. The highest BCUT2D eigenvalue weighted by Gasteiger charge is 2.50. The van der Waals surface area contributed by atoms with E-state index in [1.165, 1.54) is 19.1 Å². The molecule has 1 aromatic rings. The quantitative estimate of drug-likeness (QED) is 0.274.